The van der Waals surface area contributed by atoms with Gasteiger partial charge in [-0.15, -0.1) is 0 Å². The first kappa shape index (κ1) is 22.3. The van der Waals surface area contributed by atoms with Crippen molar-refractivity contribution in [2.45, 2.75) is 11.8 Å². The number of carbonyl (C=O) groups excluding carboxylic acids is 1. The molecule has 0 saturated heterocycles. The van der Waals surface area contributed by atoms with Crippen LogP contribution in [0.25, 0.3) is 0 Å². The van der Waals surface area contributed by atoms with Crippen molar-refractivity contribution in [2.24, 2.45) is 5.10 Å². The van der Waals surface area contributed by atoms with E-state index in [-0.39, 0.29) is 22.0 Å². The molecule has 1 N–H and O–H groups in total. The van der Waals surface area contributed by atoms with Crippen LogP contribution in [0.3, 0.4) is 0 Å². The minimum Gasteiger partial charge on any atom is -0.506 e. The molecular weight excluding hydrogens is 438 g/mol. The lowest BCUT2D eigenvalue weighted by atomic mass is 10.3. The second-order valence-electron chi connectivity index (χ2n) is 6.37. The van der Waals surface area contributed by atoms with E-state index in [0.717, 1.165) is 9.31 Å². The number of rotatable bonds is 7. The van der Waals surface area contributed by atoms with Crippen LogP contribution >= 0.6 is 11.6 Å². The van der Waals surface area contributed by atoms with Crippen molar-refractivity contribution >= 4 is 45.1 Å². The minimum absolute atomic E-state index is 0.0240. The summed E-state index contributed by atoms with van der Waals surface area (Å²) in [6.45, 7) is 1.04. The largest absolute Gasteiger partial charge is 0.506 e. The molecule has 31 heavy (non-hydrogen) atoms. The Morgan fingerprint density at radius 1 is 1.03 bits per heavy atom. The molecule has 7 nitrogen and oxygen atoms in total. The number of hydrogen-bond donors (Lipinski definition) is 1. The first-order valence-corrected chi connectivity index (χ1v) is 11.1. The van der Waals surface area contributed by atoms with Gasteiger partial charge < -0.3 is 5.11 Å². The summed E-state index contributed by atoms with van der Waals surface area (Å²) in [4.78, 5) is 13.2. The number of sulfonamides is 1. The van der Waals surface area contributed by atoms with E-state index in [9.17, 15) is 18.3 Å². The Labute approximate surface area is 185 Å². The fraction of sp³-hybridized carbons (Fsp3) is 0.0909. The van der Waals surface area contributed by atoms with Crippen LogP contribution in [0.1, 0.15) is 6.92 Å². The van der Waals surface area contributed by atoms with Crippen LogP contribution in [0.2, 0.25) is 5.02 Å². The fourth-order valence-electron chi connectivity index (χ4n) is 2.88. The van der Waals surface area contributed by atoms with E-state index in [1.165, 1.54) is 36.5 Å². The van der Waals surface area contributed by atoms with E-state index in [2.05, 4.69) is 5.10 Å². The normalized spacial score (nSPS) is 11.4. The molecule has 160 valence electrons. The molecule has 0 aliphatic carbocycles. The highest BCUT2D eigenvalue weighted by Crippen LogP contribution is 2.29. The molecule has 3 aromatic rings. The summed E-state index contributed by atoms with van der Waals surface area (Å²) in [6.07, 6.45) is 1.37. The van der Waals surface area contributed by atoms with Crippen molar-refractivity contribution in [1.29, 1.82) is 0 Å². The van der Waals surface area contributed by atoms with Gasteiger partial charge >= 0.3 is 0 Å². The zero-order valence-electron chi connectivity index (χ0n) is 16.6. The number of para-hydroxylation sites is 2. The number of hydrazone groups is 1. The Balaban J connectivity index is 2.06. The van der Waals surface area contributed by atoms with Crippen molar-refractivity contribution in [2.75, 3.05) is 15.9 Å². The van der Waals surface area contributed by atoms with Gasteiger partial charge in [-0.3, -0.25) is 9.10 Å². The smallest absolute Gasteiger partial charge is 0.268 e. The molecule has 0 heterocycles. The second kappa shape index (κ2) is 9.63. The molecule has 1 amide bonds. The van der Waals surface area contributed by atoms with Crippen LogP contribution in [-0.2, 0) is 14.8 Å². The Morgan fingerprint density at radius 2 is 1.71 bits per heavy atom. The molecule has 0 radical (unpaired) electrons. The standard InChI is InChI=1S/C22H20ClN3O4S/c1-2-24-26(20-13-6-7-14-21(20)27)22(28)16-25(18-10-8-9-17(23)15-18)31(29,30)19-11-4-3-5-12-19/h2-15,27H,16H2,1H3. The first-order chi connectivity index (χ1) is 14.8. The average Bonchev–Trinajstić information content (AvgIpc) is 2.77. The molecule has 0 unspecified atom stereocenters. The first-order valence-electron chi connectivity index (χ1n) is 9.27. The third kappa shape index (κ3) is 5.04. The molecule has 0 spiro atoms. The molecule has 0 fully saturated rings. The number of halogens is 1. The lowest BCUT2D eigenvalue weighted by Crippen LogP contribution is -2.41. The zero-order chi connectivity index (χ0) is 22.4. The summed E-state index contributed by atoms with van der Waals surface area (Å²) in [7, 11) is -4.09. The van der Waals surface area contributed by atoms with Crippen LogP contribution in [-0.4, -0.2) is 32.2 Å². The maximum atomic E-state index is 13.4. The SMILES string of the molecule is CC=NN(C(=O)CN(c1cccc(Cl)c1)S(=O)(=O)c1ccccc1)c1ccccc1O. The highest BCUT2D eigenvalue weighted by molar-refractivity contribution is 7.92. The molecule has 0 bridgehead atoms. The Morgan fingerprint density at radius 3 is 2.35 bits per heavy atom. The highest BCUT2D eigenvalue weighted by Gasteiger charge is 2.30. The molecule has 0 aliphatic rings. The number of carbonyl (C=O) groups is 1. The molecule has 9 heteroatoms. The fourth-order valence-corrected chi connectivity index (χ4v) is 4.49. The van der Waals surface area contributed by atoms with Crippen LogP contribution < -0.4 is 9.31 Å². The molecule has 0 atom stereocenters. The van der Waals surface area contributed by atoms with Crippen LogP contribution in [0.4, 0.5) is 11.4 Å². The van der Waals surface area contributed by atoms with Gasteiger partial charge in [0.2, 0.25) is 0 Å². The second-order valence-corrected chi connectivity index (χ2v) is 8.67. The number of nitrogens with zero attached hydrogens (tertiary/aromatic N) is 3. The lowest BCUT2D eigenvalue weighted by Gasteiger charge is -2.26. The molecule has 3 rings (SSSR count). The van der Waals surface area contributed by atoms with E-state index in [1.54, 1.807) is 55.5 Å². The molecular formula is C22H20ClN3O4S. The Bertz CT molecular complexity index is 1200. The third-order valence-electron chi connectivity index (χ3n) is 4.28. The van der Waals surface area contributed by atoms with E-state index in [1.807, 2.05) is 0 Å². The van der Waals surface area contributed by atoms with Crippen molar-refractivity contribution in [1.82, 2.24) is 0 Å². The van der Waals surface area contributed by atoms with Crippen LogP contribution in [0.5, 0.6) is 5.75 Å². The van der Waals surface area contributed by atoms with E-state index >= 15 is 0 Å². The molecule has 3 aromatic carbocycles. The van der Waals surface area contributed by atoms with Crippen molar-refractivity contribution in [3.63, 3.8) is 0 Å². The third-order valence-corrected chi connectivity index (χ3v) is 6.31. The van der Waals surface area contributed by atoms with Gasteiger partial charge in [0.05, 0.1) is 10.6 Å². The van der Waals surface area contributed by atoms with Crippen molar-refractivity contribution < 1.29 is 18.3 Å². The lowest BCUT2D eigenvalue weighted by molar-refractivity contribution is -0.117. The van der Waals surface area contributed by atoms with E-state index < -0.39 is 22.5 Å². The summed E-state index contributed by atoms with van der Waals surface area (Å²) in [5.41, 5.74) is 0.358. The highest BCUT2D eigenvalue weighted by atomic mass is 35.5. The summed E-state index contributed by atoms with van der Waals surface area (Å²) in [5, 5.41) is 15.5. The molecule has 0 aromatic heterocycles. The predicted molar refractivity (Wildman–Crippen MR) is 122 cm³/mol. The zero-order valence-corrected chi connectivity index (χ0v) is 18.2. The van der Waals surface area contributed by atoms with Gasteiger partial charge in [0, 0.05) is 11.2 Å². The van der Waals surface area contributed by atoms with Gasteiger partial charge in [0.25, 0.3) is 15.9 Å². The van der Waals surface area contributed by atoms with E-state index in [4.69, 9.17) is 11.6 Å². The quantitative estimate of drug-likeness (QED) is 0.423. The maximum Gasteiger partial charge on any atom is 0.268 e. The van der Waals surface area contributed by atoms with Gasteiger partial charge in [-0.05, 0) is 49.4 Å². The van der Waals surface area contributed by atoms with Gasteiger partial charge in [0.1, 0.15) is 18.0 Å². The Kier molecular flexibility index (Phi) is 6.94. The van der Waals surface area contributed by atoms with Crippen LogP contribution in [0, 0.1) is 0 Å². The monoisotopic (exact) mass is 457 g/mol. The Hall–Kier alpha value is -3.36. The van der Waals surface area contributed by atoms with Gasteiger partial charge in [0.15, 0.2) is 0 Å². The number of benzene rings is 3. The number of amides is 1. The van der Waals surface area contributed by atoms with Gasteiger partial charge in [-0.25, -0.2) is 8.42 Å². The number of phenols is 1. The number of phenolic OH excluding ortho intramolecular Hbond substituents is 1. The molecule has 0 saturated carbocycles. The number of anilines is 2. The topological polar surface area (TPSA) is 90.3 Å². The predicted octanol–water partition coefficient (Wildman–Crippen LogP) is 4.28. The number of hydrogen-bond acceptors (Lipinski definition) is 5. The summed E-state index contributed by atoms with van der Waals surface area (Å²) < 4.78 is 27.7. The number of aromatic hydroxyl groups is 1. The van der Waals surface area contributed by atoms with Gasteiger partial charge in [-0.1, -0.05) is 48.0 Å². The maximum absolute atomic E-state index is 13.4. The summed E-state index contributed by atoms with van der Waals surface area (Å²) in [5.74, 6) is -0.833. The summed E-state index contributed by atoms with van der Waals surface area (Å²) in [6, 6.07) is 20.2. The van der Waals surface area contributed by atoms with Crippen LogP contribution in [0.15, 0.2) is 88.9 Å². The van der Waals surface area contributed by atoms with Gasteiger partial charge in [-0.2, -0.15) is 10.1 Å². The average molecular weight is 458 g/mol. The van der Waals surface area contributed by atoms with Crippen molar-refractivity contribution in [3.05, 3.63) is 83.9 Å². The summed E-state index contributed by atoms with van der Waals surface area (Å²) >= 11 is 6.08. The minimum atomic E-state index is -4.09. The molecule has 0 aliphatic heterocycles. The van der Waals surface area contributed by atoms with Crippen molar-refractivity contribution in [3.8, 4) is 5.75 Å². The van der Waals surface area contributed by atoms with E-state index in [0.29, 0.717) is 5.02 Å².